The Morgan fingerprint density at radius 1 is 1.38 bits per heavy atom. The fraction of sp³-hybridized carbons (Fsp3) is 0.385. The van der Waals surface area contributed by atoms with E-state index in [4.69, 9.17) is 11.6 Å². The van der Waals surface area contributed by atoms with Crippen molar-refractivity contribution in [3.05, 3.63) is 39.8 Å². The highest BCUT2D eigenvalue weighted by Gasteiger charge is 2.14. The van der Waals surface area contributed by atoms with Gasteiger partial charge in [0.1, 0.15) is 6.54 Å². The summed E-state index contributed by atoms with van der Waals surface area (Å²) in [6.07, 6.45) is 0.812. The molecule has 0 aliphatic rings. The van der Waals surface area contributed by atoms with E-state index >= 15 is 0 Å². The SMILES string of the molecule is CC[C@H](C)NC(=O)Cn1nnn(-c2ccccc2Cl)c1=O. The van der Waals surface area contributed by atoms with E-state index in [0.29, 0.717) is 10.7 Å². The van der Waals surface area contributed by atoms with Gasteiger partial charge in [-0.3, -0.25) is 4.79 Å². The average Bonchev–Trinajstić information content (AvgIpc) is 2.80. The number of carbonyl (C=O) groups is 1. The Balaban J connectivity index is 2.20. The number of aromatic nitrogens is 4. The van der Waals surface area contributed by atoms with Gasteiger partial charge in [0.2, 0.25) is 5.91 Å². The maximum Gasteiger partial charge on any atom is 0.369 e. The summed E-state index contributed by atoms with van der Waals surface area (Å²) < 4.78 is 2.07. The van der Waals surface area contributed by atoms with Crippen molar-refractivity contribution in [2.75, 3.05) is 0 Å². The molecule has 0 spiro atoms. The molecule has 0 unspecified atom stereocenters. The average molecular weight is 310 g/mol. The van der Waals surface area contributed by atoms with Gasteiger partial charge in [0.25, 0.3) is 0 Å². The topological polar surface area (TPSA) is 81.8 Å². The van der Waals surface area contributed by atoms with Crippen LogP contribution in [0.4, 0.5) is 0 Å². The second-order valence-corrected chi connectivity index (χ2v) is 5.07. The molecule has 1 heterocycles. The lowest BCUT2D eigenvalue weighted by molar-refractivity contribution is -0.122. The predicted octanol–water partition coefficient (Wildman–Crippen LogP) is 0.997. The van der Waals surface area contributed by atoms with Gasteiger partial charge in [0.15, 0.2) is 0 Å². The number of amides is 1. The Morgan fingerprint density at radius 2 is 2.10 bits per heavy atom. The van der Waals surface area contributed by atoms with Gasteiger partial charge in [-0.15, -0.1) is 0 Å². The molecule has 7 nitrogen and oxygen atoms in total. The lowest BCUT2D eigenvalue weighted by atomic mass is 10.2. The zero-order valence-electron chi connectivity index (χ0n) is 11.8. The number of tetrazole rings is 1. The van der Waals surface area contributed by atoms with Crippen molar-refractivity contribution < 1.29 is 4.79 Å². The first-order valence-corrected chi connectivity index (χ1v) is 6.97. The fourth-order valence-electron chi connectivity index (χ4n) is 1.71. The maximum atomic E-state index is 12.2. The highest BCUT2D eigenvalue weighted by molar-refractivity contribution is 6.32. The largest absolute Gasteiger partial charge is 0.369 e. The van der Waals surface area contributed by atoms with Crippen LogP contribution in [0.1, 0.15) is 20.3 Å². The van der Waals surface area contributed by atoms with Gasteiger partial charge >= 0.3 is 5.69 Å². The molecule has 8 heteroatoms. The fourth-order valence-corrected chi connectivity index (χ4v) is 1.92. The molecule has 1 aromatic carbocycles. The van der Waals surface area contributed by atoms with Crippen molar-refractivity contribution in [2.45, 2.75) is 32.9 Å². The lowest BCUT2D eigenvalue weighted by Gasteiger charge is -2.10. The second-order valence-electron chi connectivity index (χ2n) is 4.66. The molecule has 0 radical (unpaired) electrons. The predicted molar refractivity (Wildman–Crippen MR) is 78.5 cm³/mol. The highest BCUT2D eigenvalue weighted by atomic mass is 35.5. The van der Waals surface area contributed by atoms with Gasteiger partial charge < -0.3 is 5.32 Å². The first kappa shape index (κ1) is 15.2. The van der Waals surface area contributed by atoms with Crippen LogP contribution in [-0.2, 0) is 11.3 Å². The zero-order chi connectivity index (χ0) is 15.4. The highest BCUT2D eigenvalue weighted by Crippen LogP contribution is 2.16. The van der Waals surface area contributed by atoms with E-state index in [1.54, 1.807) is 24.3 Å². The standard InChI is InChI=1S/C13H16ClN5O2/c1-3-9(2)15-12(20)8-18-13(21)19(17-16-18)11-7-5-4-6-10(11)14/h4-7,9H,3,8H2,1-2H3,(H,15,20)/t9-/m0/s1. The Hall–Kier alpha value is -2.15. The number of nitrogens with one attached hydrogen (secondary N) is 1. The van der Waals surface area contributed by atoms with Gasteiger partial charge in [-0.1, -0.05) is 30.7 Å². The quantitative estimate of drug-likeness (QED) is 0.893. The van der Waals surface area contributed by atoms with Crippen LogP contribution in [-0.4, -0.2) is 31.7 Å². The first-order valence-electron chi connectivity index (χ1n) is 6.60. The summed E-state index contributed by atoms with van der Waals surface area (Å²) in [4.78, 5) is 23.9. The molecule has 1 N–H and O–H groups in total. The van der Waals surface area contributed by atoms with E-state index in [0.717, 1.165) is 15.8 Å². The Labute approximate surface area is 126 Å². The van der Waals surface area contributed by atoms with Crippen LogP contribution in [0.25, 0.3) is 5.69 Å². The minimum atomic E-state index is -0.512. The molecule has 0 fully saturated rings. The second kappa shape index (κ2) is 6.53. The minimum absolute atomic E-state index is 0.0480. The van der Waals surface area contributed by atoms with E-state index in [1.807, 2.05) is 13.8 Å². The smallest absolute Gasteiger partial charge is 0.352 e. The number of hydrogen-bond acceptors (Lipinski definition) is 4. The molecule has 1 amide bonds. The number of benzene rings is 1. The van der Waals surface area contributed by atoms with E-state index in [9.17, 15) is 9.59 Å². The molecular weight excluding hydrogens is 294 g/mol. The zero-order valence-corrected chi connectivity index (χ0v) is 12.5. The Kier molecular flexibility index (Phi) is 4.74. The molecule has 2 rings (SSSR count). The summed E-state index contributed by atoms with van der Waals surface area (Å²) in [6.45, 7) is 3.68. The van der Waals surface area contributed by atoms with Crippen LogP contribution in [0, 0.1) is 0 Å². The number of rotatable bonds is 5. The van der Waals surface area contributed by atoms with E-state index < -0.39 is 5.69 Å². The summed E-state index contributed by atoms with van der Waals surface area (Å²) in [5, 5.41) is 10.6. The number of hydrogen-bond donors (Lipinski definition) is 1. The number of halogens is 1. The number of para-hydroxylation sites is 1. The third kappa shape index (κ3) is 3.49. The van der Waals surface area contributed by atoms with Crippen LogP contribution in [0.15, 0.2) is 29.1 Å². The normalized spacial score (nSPS) is 12.1. The molecule has 21 heavy (non-hydrogen) atoms. The minimum Gasteiger partial charge on any atom is -0.352 e. The molecule has 0 aliphatic carbocycles. The number of carbonyl (C=O) groups excluding carboxylic acids is 1. The van der Waals surface area contributed by atoms with Crippen LogP contribution in [0.3, 0.4) is 0 Å². The Bertz CT molecular complexity index is 694. The lowest BCUT2D eigenvalue weighted by Crippen LogP contribution is -2.37. The molecule has 1 aromatic heterocycles. The van der Waals surface area contributed by atoms with E-state index in [1.165, 1.54) is 0 Å². The van der Waals surface area contributed by atoms with Crippen molar-refractivity contribution >= 4 is 17.5 Å². The molecule has 0 saturated carbocycles. The van der Waals surface area contributed by atoms with E-state index in [-0.39, 0.29) is 18.5 Å². The van der Waals surface area contributed by atoms with Gasteiger partial charge in [0, 0.05) is 6.04 Å². The van der Waals surface area contributed by atoms with Crippen molar-refractivity contribution in [3.63, 3.8) is 0 Å². The molecule has 0 aliphatic heterocycles. The van der Waals surface area contributed by atoms with Crippen molar-refractivity contribution in [1.82, 2.24) is 25.1 Å². The van der Waals surface area contributed by atoms with Crippen LogP contribution >= 0.6 is 11.6 Å². The molecule has 0 saturated heterocycles. The molecule has 0 bridgehead atoms. The monoisotopic (exact) mass is 309 g/mol. The van der Waals surface area contributed by atoms with Crippen LogP contribution < -0.4 is 11.0 Å². The molecule has 112 valence electrons. The maximum absolute atomic E-state index is 12.2. The van der Waals surface area contributed by atoms with Gasteiger partial charge in [-0.2, -0.15) is 9.36 Å². The third-order valence-corrected chi connectivity index (χ3v) is 3.35. The molecular formula is C13H16ClN5O2. The summed E-state index contributed by atoms with van der Waals surface area (Å²) in [7, 11) is 0. The molecule has 1 atom stereocenters. The Morgan fingerprint density at radius 3 is 2.76 bits per heavy atom. The van der Waals surface area contributed by atoms with E-state index in [2.05, 4.69) is 15.7 Å². The summed E-state index contributed by atoms with van der Waals surface area (Å²) in [6, 6.07) is 6.84. The molecule has 2 aromatic rings. The summed E-state index contributed by atoms with van der Waals surface area (Å²) in [5.74, 6) is -0.280. The summed E-state index contributed by atoms with van der Waals surface area (Å²) >= 11 is 6.02. The van der Waals surface area contributed by atoms with Gasteiger partial charge in [0.05, 0.1) is 10.7 Å². The van der Waals surface area contributed by atoms with Gasteiger partial charge in [-0.05, 0) is 35.9 Å². The van der Waals surface area contributed by atoms with Crippen molar-refractivity contribution in [2.24, 2.45) is 0 Å². The van der Waals surface area contributed by atoms with Crippen LogP contribution in [0.2, 0.25) is 5.02 Å². The number of nitrogens with zero attached hydrogens (tertiary/aromatic N) is 4. The summed E-state index contributed by atoms with van der Waals surface area (Å²) in [5.41, 5.74) is -0.0832. The van der Waals surface area contributed by atoms with Crippen LogP contribution in [0.5, 0.6) is 0 Å². The van der Waals surface area contributed by atoms with Crippen molar-refractivity contribution in [1.29, 1.82) is 0 Å². The van der Waals surface area contributed by atoms with Crippen molar-refractivity contribution in [3.8, 4) is 5.69 Å². The van der Waals surface area contributed by atoms with Gasteiger partial charge in [-0.25, -0.2) is 4.79 Å². The first-order chi connectivity index (χ1) is 10.0. The third-order valence-electron chi connectivity index (χ3n) is 3.03.